The molecule has 0 bridgehead atoms. The van der Waals surface area contributed by atoms with Gasteiger partial charge in [-0.15, -0.1) is 21.5 Å². The van der Waals surface area contributed by atoms with E-state index >= 15 is 0 Å². The lowest BCUT2D eigenvalue weighted by atomic mass is 10.1. The lowest BCUT2D eigenvalue weighted by molar-refractivity contribution is -0.385. The van der Waals surface area contributed by atoms with Gasteiger partial charge in [0.15, 0.2) is 11.0 Å². The number of nitrogens with zero attached hydrogens (tertiary/aromatic N) is 4. The quantitative estimate of drug-likeness (QED) is 0.0789. The number of hydrogen-bond donors (Lipinski definition) is 2. The summed E-state index contributed by atoms with van der Waals surface area (Å²) in [6.07, 6.45) is 0. The minimum absolute atomic E-state index is 0.0434. The van der Waals surface area contributed by atoms with E-state index in [1.807, 2.05) is 0 Å². The first-order chi connectivity index (χ1) is 22.9. The molecule has 0 aliphatic rings. The van der Waals surface area contributed by atoms with Crippen molar-refractivity contribution in [2.45, 2.75) is 51.6 Å². The molecule has 4 aromatic rings. The normalized spacial score (nSPS) is 11.5. The Hall–Kier alpha value is -5.16. The number of thiophene rings is 1. The van der Waals surface area contributed by atoms with E-state index < -0.39 is 39.7 Å². The summed E-state index contributed by atoms with van der Waals surface area (Å²) in [5, 5.41) is 24.6. The standard InChI is InChI=1S/C31H31FN6O8S2/c1-6-45-29(41)24-17(4)25(30(42)46-7-2)48-28(24)34-26(39)18(5)47-31-36-35-23(37(31)21-12-10-20(32)11-13-21)15-33-27(40)19-9-8-16(3)22(14-19)38(43)44/h8-14,18H,6-7,15H2,1-5H3,(H,33,40)(H,34,39)/t18-/m0/s1. The van der Waals surface area contributed by atoms with Gasteiger partial charge in [0.05, 0.1) is 35.5 Å². The Kier molecular flexibility index (Phi) is 11.6. The highest BCUT2D eigenvalue weighted by Gasteiger charge is 2.29. The third-order valence-electron chi connectivity index (χ3n) is 6.84. The average molecular weight is 699 g/mol. The van der Waals surface area contributed by atoms with Crippen molar-refractivity contribution in [2.75, 3.05) is 18.5 Å². The summed E-state index contributed by atoms with van der Waals surface area (Å²) in [5.41, 5.74) is 1.06. The monoisotopic (exact) mass is 698 g/mol. The molecule has 0 radical (unpaired) electrons. The van der Waals surface area contributed by atoms with Gasteiger partial charge >= 0.3 is 11.9 Å². The van der Waals surface area contributed by atoms with Crippen LogP contribution in [0.2, 0.25) is 0 Å². The summed E-state index contributed by atoms with van der Waals surface area (Å²) in [4.78, 5) is 62.6. The summed E-state index contributed by atoms with van der Waals surface area (Å²) >= 11 is 1.89. The summed E-state index contributed by atoms with van der Waals surface area (Å²) in [5.74, 6) is -2.74. The van der Waals surface area contributed by atoms with Gasteiger partial charge in [-0.3, -0.25) is 24.3 Å². The molecule has 0 aliphatic carbocycles. The molecule has 252 valence electrons. The minimum Gasteiger partial charge on any atom is -0.462 e. The van der Waals surface area contributed by atoms with Crippen molar-refractivity contribution < 1.29 is 38.0 Å². The molecule has 1 atom stereocenters. The van der Waals surface area contributed by atoms with Crippen molar-refractivity contribution in [3.8, 4) is 5.69 Å². The molecule has 4 rings (SSSR count). The molecule has 0 saturated carbocycles. The van der Waals surface area contributed by atoms with Crippen LogP contribution in [0.25, 0.3) is 5.69 Å². The van der Waals surface area contributed by atoms with Crippen LogP contribution in [0.3, 0.4) is 0 Å². The molecular formula is C31H31FN6O8S2. The maximum atomic E-state index is 13.8. The van der Waals surface area contributed by atoms with Crippen molar-refractivity contribution in [1.29, 1.82) is 0 Å². The molecule has 0 spiro atoms. The van der Waals surface area contributed by atoms with Gasteiger partial charge < -0.3 is 20.1 Å². The zero-order valence-corrected chi connectivity index (χ0v) is 28.1. The number of nitro groups is 1. The molecule has 0 unspecified atom stereocenters. The Labute approximate surface area is 282 Å². The van der Waals surface area contributed by atoms with E-state index in [1.54, 1.807) is 34.6 Å². The maximum absolute atomic E-state index is 13.8. The second kappa shape index (κ2) is 15.6. The number of esters is 2. The van der Waals surface area contributed by atoms with Gasteiger partial charge in [-0.05, 0) is 70.5 Å². The minimum atomic E-state index is -0.840. The van der Waals surface area contributed by atoms with Crippen LogP contribution in [-0.2, 0) is 20.8 Å². The first kappa shape index (κ1) is 35.7. The maximum Gasteiger partial charge on any atom is 0.348 e. The van der Waals surface area contributed by atoms with E-state index in [2.05, 4.69) is 20.8 Å². The number of nitrogens with one attached hydrogen (secondary N) is 2. The van der Waals surface area contributed by atoms with E-state index in [0.717, 1.165) is 23.1 Å². The second-order valence-corrected chi connectivity index (χ2v) is 12.4. The molecule has 2 amide bonds. The van der Waals surface area contributed by atoms with Gasteiger partial charge in [0.1, 0.15) is 15.7 Å². The van der Waals surface area contributed by atoms with Crippen LogP contribution >= 0.6 is 23.1 Å². The van der Waals surface area contributed by atoms with E-state index in [4.69, 9.17) is 9.47 Å². The number of anilines is 1. The van der Waals surface area contributed by atoms with Gasteiger partial charge in [0.2, 0.25) is 5.91 Å². The van der Waals surface area contributed by atoms with E-state index in [-0.39, 0.29) is 57.4 Å². The van der Waals surface area contributed by atoms with Crippen LogP contribution in [0.15, 0.2) is 47.6 Å². The number of carbonyl (C=O) groups excluding carboxylic acids is 4. The summed E-state index contributed by atoms with van der Waals surface area (Å²) in [7, 11) is 0. The third-order valence-corrected chi connectivity index (χ3v) is 9.07. The Bertz CT molecular complexity index is 1870. The van der Waals surface area contributed by atoms with Gasteiger partial charge in [-0.2, -0.15) is 0 Å². The molecule has 17 heteroatoms. The van der Waals surface area contributed by atoms with Gasteiger partial charge in [0.25, 0.3) is 11.6 Å². The zero-order chi connectivity index (χ0) is 35.1. The third kappa shape index (κ3) is 8.03. The van der Waals surface area contributed by atoms with Crippen LogP contribution in [0.4, 0.5) is 15.1 Å². The number of nitro benzene ring substituents is 1. The summed E-state index contributed by atoms with van der Waals surface area (Å²) < 4.78 is 25.6. The lowest BCUT2D eigenvalue weighted by Crippen LogP contribution is -2.25. The fourth-order valence-electron chi connectivity index (χ4n) is 4.42. The van der Waals surface area contributed by atoms with Gasteiger partial charge in [-0.1, -0.05) is 17.8 Å². The molecule has 2 heterocycles. The number of aromatic nitrogens is 3. The van der Waals surface area contributed by atoms with Gasteiger partial charge in [0, 0.05) is 22.9 Å². The van der Waals surface area contributed by atoms with Crippen molar-refractivity contribution in [3.05, 3.63) is 91.4 Å². The zero-order valence-electron chi connectivity index (χ0n) is 26.5. The van der Waals surface area contributed by atoms with Crippen LogP contribution in [-0.4, -0.2) is 61.9 Å². The molecular weight excluding hydrogens is 668 g/mol. The SMILES string of the molecule is CCOC(=O)c1sc(NC(=O)[C@H](C)Sc2nnc(CNC(=O)c3ccc(C)c([N+](=O)[O-])c3)n2-c2ccc(F)cc2)c(C(=O)OCC)c1C. The van der Waals surface area contributed by atoms with Crippen molar-refractivity contribution in [3.63, 3.8) is 0 Å². The predicted octanol–water partition coefficient (Wildman–Crippen LogP) is 5.40. The first-order valence-corrected chi connectivity index (χ1v) is 16.2. The van der Waals surface area contributed by atoms with E-state index in [0.29, 0.717) is 16.8 Å². The van der Waals surface area contributed by atoms with Crippen LogP contribution in [0.5, 0.6) is 0 Å². The highest BCUT2D eigenvalue weighted by molar-refractivity contribution is 8.00. The van der Waals surface area contributed by atoms with Gasteiger partial charge in [-0.25, -0.2) is 14.0 Å². The van der Waals surface area contributed by atoms with E-state index in [1.165, 1.54) is 47.0 Å². The number of halogens is 1. The molecule has 2 N–H and O–H groups in total. The topological polar surface area (TPSA) is 185 Å². The highest BCUT2D eigenvalue weighted by atomic mass is 32.2. The van der Waals surface area contributed by atoms with Crippen LogP contribution < -0.4 is 10.6 Å². The number of ether oxygens (including phenoxy) is 2. The smallest absolute Gasteiger partial charge is 0.348 e. The molecule has 14 nitrogen and oxygen atoms in total. The number of benzene rings is 2. The van der Waals surface area contributed by atoms with Crippen LogP contribution in [0.1, 0.15) is 68.1 Å². The number of amides is 2. The fraction of sp³-hybridized carbons (Fsp3) is 0.290. The Balaban J connectivity index is 1.59. The molecule has 2 aromatic heterocycles. The van der Waals surface area contributed by atoms with Crippen molar-refractivity contribution >= 4 is 57.5 Å². The lowest BCUT2D eigenvalue weighted by Gasteiger charge is -2.14. The molecule has 48 heavy (non-hydrogen) atoms. The summed E-state index contributed by atoms with van der Waals surface area (Å²) in [6, 6.07) is 9.51. The largest absolute Gasteiger partial charge is 0.462 e. The Morgan fingerprint density at radius 1 is 1.04 bits per heavy atom. The van der Waals surface area contributed by atoms with Crippen LogP contribution in [0, 0.1) is 29.8 Å². The highest BCUT2D eigenvalue weighted by Crippen LogP contribution is 2.35. The Morgan fingerprint density at radius 2 is 1.71 bits per heavy atom. The predicted molar refractivity (Wildman–Crippen MR) is 175 cm³/mol. The Morgan fingerprint density at radius 3 is 2.35 bits per heavy atom. The number of thioether (sulfide) groups is 1. The molecule has 0 saturated heterocycles. The average Bonchev–Trinajstić information content (AvgIpc) is 3.60. The number of hydrogen-bond acceptors (Lipinski definition) is 12. The molecule has 0 aliphatic heterocycles. The fourth-order valence-corrected chi connectivity index (χ4v) is 6.39. The summed E-state index contributed by atoms with van der Waals surface area (Å²) in [6.45, 7) is 8.03. The number of carbonyl (C=O) groups is 4. The molecule has 2 aromatic carbocycles. The molecule has 0 fully saturated rings. The van der Waals surface area contributed by atoms with E-state index in [9.17, 15) is 33.7 Å². The van der Waals surface area contributed by atoms with Crippen molar-refractivity contribution in [1.82, 2.24) is 20.1 Å². The van der Waals surface area contributed by atoms with Crippen molar-refractivity contribution in [2.24, 2.45) is 0 Å². The number of aryl methyl sites for hydroxylation is 1. The number of rotatable bonds is 13. The second-order valence-electron chi connectivity index (χ2n) is 10.1. The first-order valence-electron chi connectivity index (χ1n) is 14.5.